The number of likely N-dealkylation sites (N-methyl/N-ethyl adjacent to an activating group) is 1. The zero-order chi connectivity index (χ0) is 18.0. The van der Waals surface area contributed by atoms with Crippen LogP contribution in [0.5, 0.6) is 5.75 Å². The summed E-state index contributed by atoms with van der Waals surface area (Å²) in [4.78, 5) is 25.7. The van der Waals surface area contributed by atoms with Crippen LogP contribution in [0, 0.1) is 6.92 Å². The molecule has 0 atom stereocenters. The molecular weight excluding hydrogens is 342 g/mol. The minimum absolute atomic E-state index is 0.203. The highest BCUT2D eigenvalue weighted by atomic mass is 35.5. The van der Waals surface area contributed by atoms with Crippen molar-refractivity contribution in [3.05, 3.63) is 58.6 Å². The Hall–Kier alpha value is -2.86. The molecule has 128 valence electrons. The summed E-state index contributed by atoms with van der Waals surface area (Å²) in [6.45, 7) is 1.62. The molecule has 0 saturated carbocycles. The van der Waals surface area contributed by atoms with E-state index in [1.807, 2.05) is 25.1 Å². The normalized spacial score (nSPS) is 14.6. The van der Waals surface area contributed by atoms with Gasteiger partial charge in [0.15, 0.2) is 12.3 Å². The zero-order valence-electron chi connectivity index (χ0n) is 13.7. The lowest BCUT2D eigenvalue weighted by Crippen LogP contribution is -2.30. The highest BCUT2D eigenvalue weighted by Gasteiger charge is 2.31. The molecule has 0 saturated heterocycles. The van der Waals surface area contributed by atoms with Crippen molar-refractivity contribution >= 4 is 34.8 Å². The van der Waals surface area contributed by atoms with Crippen molar-refractivity contribution in [2.75, 3.05) is 18.6 Å². The van der Waals surface area contributed by atoms with Gasteiger partial charge in [-0.25, -0.2) is 5.43 Å². The van der Waals surface area contributed by atoms with E-state index >= 15 is 0 Å². The Labute approximate surface area is 150 Å². The van der Waals surface area contributed by atoms with E-state index in [0.29, 0.717) is 16.3 Å². The van der Waals surface area contributed by atoms with Gasteiger partial charge >= 0.3 is 0 Å². The Morgan fingerprint density at radius 1 is 1.28 bits per heavy atom. The maximum absolute atomic E-state index is 12.2. The van der Waals surface area contributed by atoms with E-state index in [1.165, 1.54) is 4.90 Å². The second-order valence-corrected chi connectivity index (χ2v) is 6.01. The van der Waals surface area contributed by atoms with E-state index in [4.69, 9.17) is 16.3 Å². The van der Waals surface area contributed by atoms with Crippen LogP contribution in [0.1, 0.15) is 11.1 Å². The summed E-state index contributed by atoms with van der Waals surface area (Å²) in [5, 5.41) is 4.57. The summed E-state index contributed by atoms with van der Waals surface area (Å²) in [6, 6.07) is 12.4. The summed E-state index contributed by atoms with van der Waals surface area (Å²) >= 11 is 5.88. The number of carbonyl (C=O) groups excluding carboxylic acids is 2. The largest absolute Gasteiger partial charge is 0.483 e. The molecular formula is C18H16ClN3O3. The van der Waals surface area contributed by atoms with E-state index in [9.17, 15) is 9.59 Å². The van der Waals surface area contributed by atoms with Crippen LogP contribution < -0.4 is 15.1 Å². The van der Waals surface area contributed by atoms with Crippen molar-refractivity contribution in [1.29, 1.82) is 0 Å². The third kappa shape index (κ3) is 3.49. The molecule has 1 N–H and O–H groups in total. The molecule has 0 fully saturated rings. The molecule has 0 unspecified atom stereocenters. The zero-order valence-corrected chi connectivity index (χ0v) is 14.5. The van der Waals surface area contributed by atoms with Crippen molar-refractivity contribution in [2.24, 2.45) is 5.10 Å². The first kappa shape index (κ1) is 17.0. The van der Waals surface area contributed by atoms with Crippen LogP contribution >= 0.6 is 11.6 Å². The lowest BCUT2D eigenvalue weighted by Gasteiger charge is -2.08. The van der Waals surface area contributed by atoms with Crippen LogP contribution in [0.4, 0.5) is 5.69 Å². The predicted octanol–water partition coefficient (Wildman–Crippen LogP) is 2.52. The molecule has 7 heteroatoms. The Balaban J connectivity index is 1.66. The molecule has 0 aromatic heterocycles. The fraction of sp³-hybridized carbons (Fsp3) is 0.167. The van der Waals surface area contributed by atoms with Gasteiger partial charge in [-0.3, -0.25) is 9.59 Å². The minimum Gasteiger partial charge on any atom is -0.483 e. The number of nitrogens with one attached hydrogen (secondary N) is 1. The Morgan fingerprint density at radius 2 is 2.04 bits per heavy atom. The summed E-state index contributed by atoms with van der Waals surface area (Å²) in [5.41, 5.74) is 4.84. The second-order valence-electron chi connectivity index (χ2n) is 5.58. The molecule has 2 aromatic rings. The second kappa shape index (κ2) is 6.94. The molecule has 1 heterocycles. The van der Waals surface area contributed by atoms with Crippen molar-refractivity contribution in [1.82, 2.24) is 5.43 Å². The first-order valence-electron chi connectivity index (χ1n) is 7.60. The topological polar surface area (TPSA) is 71.0 Å². The summed E-state index contributed by atoms with van der Waals surface area (Å²) in [7, 11) is 1.66. The molecule has 3 rings (SSSR count). The number of hydrogen-bond donors (Lipinski definition) is 1. The lowest BCUT2D eigenvalue weighted by atomic mass is 10.1. The number of fused-ring (bicyclic) bond motifs is 1. The van der Waals surface area contributed by atoms with Crippen molar-refractivity contribution in [2.45, 2.75) is 6.92 Å². The van der Waals surface area contributed by atoms with Gasteiger partial charge in [-0.05, 0) is 36.8 Å². The maximum Gasteiger partial charge on any atom is 0.279 e. The first-order chi connectivity index (χ1) is 12.0. The molecule has 2 aromatic carbocycles. The SMILES string of the molecule is Cc1cc(Cl)ccc1OCC(=O)N/N=C1/C(=O)N(C)c2ccccc21. The van der Waals surface area contributed by atoms with Crippen LogP contribution in [0.15, 0.2) is 47.6 Å². The molecule has 2 amide bonds. The number of nitrogens with zero attached hydrogens (tertiary/aromatic N) is 2. The van der Waals surface area contributed by atoms with Crippen LogP contribution in [0.3, 0.4) is 0 Å². The molecule has 1 aliphatic heterocycles. The molecule has 0 radical (unpaired) electrons. The summed E-state index contributed by atoms with van der Waals surface area (Å²) in [6.07, 6.45) is 0. The number of hydrogen-bond acceptors (Lipinski definition) is 4. The third-order valence-corrected chi connectivity index (χ3v) is 4.05. The monoisotopic (exact) mass is 357 g/mol. The highest BCUT2D eigenvalue weighted by molar-refractivity contribution is 6.54. The standard InChI is InChI=1S/C18H16ClN3O3/c1-11-9-12(19)7-8-15(11)25-10-16(23)20-21-17-13-5-3-4-6-14(13)22(2)18(17)24/h3-9H,10H2,1-2H3,(H,20,23)/b21-17+. The van der Waals surface area contributed by atoms with E-state index in [2.05, 4.69) is 10.5 Å². The Morgan fingerprint density at radius 3 is 2.80 bits per heavy atom. The molecule has 0 spiro atoms. The number of amides is 2. The maximum atomic E-state index is 12.2. The number of para-hydroxylation sites is 1. The van der Waals surface area contributed by atoms with Crippen molar-refractivity contribution < 1.29 is 14.3 Å². The van der Waals surface area contributed by atoms with Gasteiger partial charge in [-0.1, -0.05) is 29.8 Å². The first-order valence-corrected chi connectivity index (χ1v) is 7.98. The summed E-state index contributed by atoms with van der Waals surface area (Å²) in [5.74, 6) is -0.160. The minimum atomic E-state index is -0.457. The Bertz CT molecular complexity index is 880. The number of aryl methyl sites for hydroxylation is 1. The van der Waals surface area contributed by atoms with E-state index in [1.54, 1.807) is 31.3 Å². The average molecular weight is 358 g/mol. The van der Waals surface area contributed by atoms with Gasteiger partial charge in [0.2, 0.25) is 0 Å². The van der Waals surface area contributed by atoms with Gasteiger partial charge in [-0.15, -0.1) is 0 Å². The number of benzene rings is 2. The van der Waals surface area contributed by atoms with Gasteiger partial charge in [0.1, 0.15) is 5.75 Å². The molecule has 25 heavy (non-hydrogen) atoms. The number of halogens is 1. The van der Waals surface area contributed by atoms with Crippen LogP contribution in [0.25, 0.3) is 0 Å². The lowest BCUT2D eigenvalue weighted by molar-refractivity contribution is -0.123. The van der Waals surface area contributed by atoms with Gasteiger partial charge in [0, 0.05) is 17.6 Å². The fourth-order valence-electron chi connectivity index (χ4n) is 2.53. The highest BCUT2D eigenvalue weighted by Crippen LogP contribution is 2.27. The van der Waals surface area contributed by atoms with E-state index in [-0.39, 0.29) is 18.2 Å². The number of rotatable bonds is 4. The number of anilines is 1. The number of hydrazone groups is 1. The van der Waals surface area contributed by atoms with Crippen LogP contribution in [-0.2, 0) is 9.59 Å². The smallest absolute Gasteiger partial charge is 0.279 e. The van der Waals surface area contributed by atoms with Crippen molar-refractivity contribution in [3.8, 4) is 5.75 Å². The number of ether oxygens (including phenoxy) is 1. The number of carbonyl (C=O) groups is 2. The van der Waals surface area contributed by atoms with Gasteiger partial charge in [-0.2, -0.15) is 5.10 Å². The van der Waals surface area contributed by atoms with Crippen molar-refractivity contribution in [3.63, 3.8) is 0 Å². The van der Waals surface area contributed by atoms with Gasteiger partial charge in [0.25, 0.3) is 11.8 Å². The molecule has 1 aliphatic rings. The molecule has 6 nitrogen and oxygen atoms in total. The predicted molar refractivity (Wildman–Crippen MR) is 96.2 cm³/mol. The molecule has 0 aliphatic carbocycles. The quantitative estimate of drug-likeness (QED) is 0.855. The van der Waals surface area contributed by atoms with E-state index in [0.717, 1.165) is 11.3 Å². The third-order valence-electron chi connectivity index (χ3n) is 3.82. The van der Waals surface area contributed by atoms with Crippen LogP contribution in [-0.4, -0.2) is 31.2 Å². The van der Waals surface area contributed by atoms with Crippen LogP contribution in [0.2, 0.25) is 5.02 Å². The van der Waals surface area contributed by atoms with Gasteiger partial charge in [0.05, 0.1) is 5.69 Å². The Kier molecular flexibility index (Phi) is 4.72. The van der Waals surface area contributed by atoms with E-state index < -0.39 is 5.91 Å². The van der Waals surface area contributed by atoms with Gasteiger partial charge < -0.3 is 9.64 Å². The molecule has 0 bridgehead atoms. The average Bonchev–Trinajstić information content (AvgIpc) is 2.84. The summed E-state index contributed by atoms with van der Waals surface area (Å²) < 4.78 is 5.45. The fourth-order valence-corrected chi connectivity index (χ4v) is 2.75.